The number of hydrogen-bond acceptors (Lipinski definition) is 1. The van der Waals surface area contributed by atoms with Crippen LogP contribution in [-0.4, -0.2) is 9.97 Å². The van der Waals surface area contributed by atoms with E-state index in [1.807, 2.05) is 4.98 Å². The van der Waals surface area contributed by atoms with Crippen LogP contribution < -0.4 is 0 Å². The molecule has 1 aromatic rings. The fourth-order valence-corrected chi connectivity index (χ4v) is 0.705. The van der Waals surface area contributed by atoms with Crippen LogP contribution in [0.15, 0.2) is 0 Å². The van der Waals surface area contributed by atoms with Crippen LogP contribution in [-0.2, 0) is 6.18 Å². The number of aromatic nitrogens is 2. The standard InChI is InChI=1S/C5H4ClF3N2/c1-2-3(6)11-4(10-2)5(7,8)9/h1H3,(H,10,11). The lowest BCUT2D eigenvalue weighted by atomic mass is 10.6. The molecule has 62 valence electrons. The van der Waals surface area contributed by atoms with Crippen LogP contribution in [0.4, 0.5) is 13.2 Å². The normalized spacial score (nSPS) is 12.1. The van der Waals surface area contributed by atoms with Gasteiger partial charge in [-0.1, -0.05) is 11.6 Å². The molecule has 0 spiro atoms. The van der Waals surface area contributed by atoms with Crippen molar-refractivity contribution in [1.82, 2.24) is 9.97 Å². The number of nitrogens with one attached hydrogen (secondary N) is 1. The molecule has 0 unspecified atom stereocenters. The van der Waals surface area contributed by atoms with Gasteiger partial charge in [0.05, 0.1) is 5.69 Å². The van der Waals surface area contributed by atoms with Gasteiger partial charge in [-0.2, -0.15) is 13.2 Å². The number of hydrogen-bond donors (Lipinski definition) is 1. The van der Waals surface area contributed by atoms with Gasteiger partial charge in [0.25, 0.3) is 0 Å². The van der Waals surface area contributed by atoms with Gasteiger partial charge in [0.15, 0.2) is 0 Å². The van der Waals surface area contributed by atoms with Crippen molar-refractivity contribution in [2.75, 3.05) is 0 Å². The summed E-state index contributed by atoms with van der Waals surface area (Å²) in [6.45, 7) is 1.42. The Morgan fingerprint density at radius 1 is 1.45 bits per heavy atom. The lowest BCUT2D eigenvalue weighted by Crippen LogP contribution is -2.07. The number of aryl methyl sites for hydroxylation is 1. The summed E-state index contributed by atoms with van der Waals surface area (Å²) >= 11 is 5.29. The van der Waals surface area contributed by atoms with E-state index in [-0.39, 0.29) is 10.8 Å². The molecule has 0 atom stereocenters. The fraction of sp³-hybridized carbons (Fsp3) is 0.400. The van der Waals surface area contributed by atoms with Crippen molar-refractivity contribution in [3.8, 4) is 0 Å². The minimum atomic E-state index is -4.45. The van der Waals surface area contributed by atoms with Crippen molar-refractivity contribution < 1.29 is 13.2 Å². The molecule has 2 nitrogen and oxygen atoms in total. The molecule has 0 saturated carbocycles. The van der Waals surface area contributed by atoms with Gasteiger partial charge in [-0.05, 0) is 6.92 Å². The molecule has 0 aliphatic heterocycles. The first-order valence-corrected chi connectivity index (χ1v) is 3.08. The molecule has 0 fully saturated rings. The molecule has 1 aromatic heterocycles. The molecular weight excluding hydrogens is 181 g/mol. The van der Waals surface area contributed by atoms with E-state index < -0.39 is 12.0 Å². The minimum absolute atomic E-state index is 0.141. The van der Waals surface area contributed by atoms with E-state index in [9.17, 15) is 13.2 Å². The van der Waals surface area contributed by atoms with Gasteiger partial charge in [-0.25, -0.2) is 4.98 Å². The van der Waals surface area contributed by atoms with Crippen molar-refractivity contribution in [2.45, 2.75) is 13.1 Å². The quantitative estimate of drug-likeness (QED) is 0.659. The van der Waals surface area contributed by atoms with Crippen molar-refractivity contribution in [3.63, 3.8) is 0 Å². The second-order valence-corrected chi connectivity index (χ2v) is 2.36. The maximum absolute atomic E-state index is 11.8. The Morgan fingerprint density at radius 2 is 2.00 bits per heavy atom. The highest BCUT2D eigenvalue weighted by atomic mass is 35.5. The highest BCUT2D eigenvalue weighted by Crippen LogP contribution is 2.28. The molecule has 0 amide bonds. The van der Waals surface area contributed by atoms with Crippen molar-refractivity contribution in [2.24, 2.45) is 0 Å². The minimum Gasteiger partial charge on any atom is -0.337 e. The number of imidazole rings is 1. The largest absolute Gasteiger partial charge is 0.449 e. The summed E-state index contributed by atoms with van der Waals surface area (Å²) in [5.41, 5.74) is 0.221. The number of H-pyrrole nitrogens is 1. The van der Waals surface area contributed by atoms with E-state index in [1.165, 1.54) is 6.92 Å². The third-order valence-electron chi connectivity index (χ3n) is 1.09. The molecular formula is C5H4ClF3N2. The number of rotatable bonds is 0. The first-order chi connectivity index (χ1) is 4.91. The van der Waals surface area contributed by atoms with E-state index >= 15 is 0 Å². The molecule has 0 saturated heterocycles. The van der Waals surface area contributed by atoms with Gasteiger partial charge in [0, 0.05) is 0 Å². The summed E-state index contributed by atoms with van der Waals surface area (Å²) in [5, 5.41) is -0.141. The Hall–Kier alpha value is -0.710. The summed E-state index contributed by atoms with van der Waals surface area (Å²) in [4.78, 5) is 5.08. The third-order valence-corrected chi connectivity index (χ3v) is 1.46. The SMILES string of the molecule is Cc1[nH]c(C(F)(F)F)nc1Cl. The van der Waals surface area contributed by atoms with Crippen LogP contribution in [0.1, 0.15) is 11.5 Å². The van der Waals surface area contributed by atoms with Crippen LogP contribution in [0.25, 0.3) is 0 Å². The monoisotopic (exact) mass is 184 g/mol. The second-order valence-electron chi connectivity index (χ2n) is 2.00. The molecule has 6 heteroatoms. The van der Waals surface area contributed by atoms with Crippen molar-refractivity contribution >= 4 is 11.6 Å². The van der Waals surface area contributed by atoms with Crippen molar-refractivity contribution in [1.29, 1.82) is 0 Å². The van der Waals surface area contributed by atoms with Crippen molar-refractivity contribution in [3.05, 3.63) is 16.7 Å². The predicted octanol–water partition coefficient (Wildman–Crippen LogP) is 2.39. The molecule has 11 heavy (non-hydrogen) atoms. The lowest BCUT2D eigenvalue weighted by molar-refractivity contribution is -0.144. The van der Waals surface area contributed by atoms with Gasteiger partial charge in [-0.15, -0.1) is 0 Å². The van der Waals surface area contributed by atoms with Crippen LogP contribution in [0.2, 0.25) is 5.15 Å². The van der Waals surface area contributed by atoms with Crippen LogP contribution >= 0.6 is 11.6 Å². The molecule has 0 aliphatic carbocycles. The topological polar surface area (TPSA) is 28.7 Å². The van der Waals surface area contributed by atoms with Gasteiger partial charge >= 0.3 is 6.18 Å². The Bertz CT molecular complexity index is 246. The summed E-state index contributed by atoms with van der Waals surface area (Å²) in [5.74, 6) is -1.06. The molecule has 1 rings (SSSR count). The number of nitrogens with zero attached hydrogens (tertiary/aromatic N) is 1. The molecule has 1 N–H and O–H groups in total. The second kappa shape index (κ2) is 2.41. The Balaban J connectivity index is 3.08. The van der Waals surface area contributed by atoms with Gasteiger partial charge in [0.2, 0.25) is 5.82 Å². The lowest BCUT2D eigenvalue weighted by Gasteiger charge is -1.99. The summed E-state index contributed by atoms with van der Waals surface area (Å²) < 4.78 is 35.5. The number of aromatic amines is 1. The summed E-state index contributed by atoms with van der Waals surface area (Å²) in [6.07, 6.45) is -4.45. The summed E-state index contributed by atoms with van der Waals surface area (Å²) in [7, 11) is 0. The smallest absolute Gasteiger partial charge is 0.337 e. The van der Waals surface area contributed by atoms with E-state index in [0.717, 1.165) is 0 Å². The maximum Gasteiger partial charge on any atom is 0.449 e. The zero-order valence-corrected chi connectivity index (χ0v) is 6.22. The van der Waals surface area contributed by atoms with Crippen LogP contribution in [0.5, 0.6) is 0 Å². The third kappa shape index (κ3) is 1.65. The maximum atomic E-state index is 11.8. The number of alkyl halides is 3. The Morgan fingerprint density at radius 3 is 2.18 bits per heavy atom. The van der Waals surface area contributed by atoms with E-state index in [1.54, 1.807) is 0 Å². The average Bonchev–Trinajstić information content (AvgIpc) is 2.11. The van der Waals surface area contributed by atoms with Gasteiger partial charge in [-0.3, -0.25) is 0 Å². The average molecular weight is 185 g/mol. The molecule has 0 bridgehead atoms. The van der Waals surface area contributed by atoms with Crippen LogP contribution in [0, 0.1) is 6.92 Å². The first kappa shape index (κ1) is 8.39. The molecule has 0 aliphatic rings. The molecule has 0 aromatic carbocycles. The zero-order chi connectivity index (χ0) is 8.65. The zero-order valence-electron chi connectivity index (χ0n) is 5.46. The van der Waals surface area contributed by atoms with E-state index in [2.05, 4.69) is 4.98 Å². The first-order valence-electron chi connectivity index (χ1n) is 2.70. The number of halogens is 4. The van der Waals surface area contributed by atoms with Gasteiger partial charge in [0.1, 0.15) is 5.15 Å². The molecule has 1 heterocycles. The predicted molar refractivity (Wildman–Crippen MR) is 33.3 cm³/mol. The Kier molecular flexibility index (Phi) is 1.83. The van der Waals surface area contributed by atoms with Crippen LogP contribution in [0.3, 0.4) is 0 Å². The summed E-state index contributed by atoms with van der Waals surface area (Å²) in [6, 6.07) is 0. The molecule has 0 radical (unpaired) electrons. The fourth-order valence-electron chi connectivity index (χ4n) is 0.573. The van der Waals surface area contributed by atoms with Gasteiger partial charge < -0.3 is 4.98 Å². The Labute approximate surface area is 65.4 Å². The van der Waals surface area contributed by atoms with E-state index in [0.29, 0.717) is 0 Å². The highest BCUT2D eigenvalue weighted by molar-refractivity contribution is 6.30. The highest BCUT2D eigenvalue weighted by Gasteiger charge is 2.34. The van der Waals surface area contributed by atoms with E-state index in [4.69, 9.17) is 11.6 Å².